The lowest BCUT2D eigenvalue weighted by Gasteiger charge is -2.23. The quantitative estimate of drug-likeness (QED) is 0.788. The Labute approximate surface area is 112 Å². The molecule has 0 unspecified atom stereocenters. The molecule has 1 N–H and O–H groups in total. The van der Waals surface area contributed by atoms with Gasteiger partial charge in [-0.1, -0.05) is 39.0 Å². The SMILES string of the molecule is CCC(C)(C)CNCc1ccccc1OC(C)C. The van der Waals surface area contributed by atoms with Gasteiger partial charge in [-0.2, -0.15) is 0 Å². The predicted octanol–water partition coefficient (Wildman–Crippen LogP) is 4.00. The molecule has 0 aliphatic heterocycles. The third kappa shape index (κ3) is 5.09. The van der Waals surface area contributed by atoms with Gasteiger partial charge in [0.2, 0.25) is 0 Å². The summed E-state index contributed by atoms with van der Waals surface area (Å²) in [6.07, 6.45) is 1.41. The predicted molar refractivity (Wildman–Crippen MR) is 78.0 cm³/mol. The van der Waals surface area contributed by atoms with Crippen LogP contribution in [0.25, 0.3) is 0 Å². The van der Waals surface area contributed by atoms with E-state index in [1.54, 1.807) is 0 Å². The summed E-state index contributed by atoms with van der Waals surface area (Å²) in [5.74, 6) is 0.995. The molecular formula is C16H27NO. The van der Waals surface area contributed by atoms with Gasteiger partial charge in [0.1, 0.15) is 5.75 Å². The van der Waals surface area contributed by atoms with Crippen molar-refractivity contribution >= 4 is 0 Å². The van der Waals surface area contributed by atoms with Crippen LogP contribution in [-0.4, -0.2) is 12.6 Å². The molecule has 0 saturated carbocycles. The van der Waals surface area contributed by atoms with Crippen LogP contribution < -0.4 is 10.1 Å². The highest BCUT2D eigenvalue weighted by Gasteiger charge is 2.14. The van der Waals surface area contributed by atoms with E-state index in [1.165, 1.54) is 12.0 Å². The summed E-state index contributed by atoms with van der Waals surface area (Å²) < 4.78 is 5.81. The van der Waals surface area contributed by atoms with Gasteiger partial charge in [-0.3, -0.25) is 0 Å². The van der Waals surface area contributed by atoms with Crippen LogP contribution in [0.5, 0.6) is 5.75 Å². The maximum absolute atomic E-state index is 5.81. The fraction of sp³-hybridized carbons (Fsp3) is 0.625. The monoisotopic (exact) mass is 249 g/mol. The molecule has 0 atom stereocenters. The number of nitrogens with one attached hydrogen (secondary N) is 1. The average Bonchev–Trinajstić information content (AvgIpc) is 2.30. The van der Waals surface area contributed by atoms with Crippen molar-refractivity contribution in [1.82, 2.24) is 5.32 Å². The van der Waals surface area contributed by atoms with E-state index >= 15 is 0 Å². The van der Waals surface area contributed by atoms with Crippen LogP contribution in [-0.2, 0) is 6.54 Å². The minimum absolute atomic E-state index is 0.221. The van der Waals surface area contributed by atoms with Gasteiger partial charge < -0.3 is 10.1 Å². The van der Waals surface area contributed by atoms with Crippen LogP contribution in [0.2, 0.25) is 0 Å². The first-order valence-corrected chi connectivity index (χ1v) is 6.90. The lowest BCUT2D eigenvalue weighted by Crippen LogP contribution is -2.28. The number of benzene rings is 1. The number of para-hydroxylation sites is 1. The summed E-state index contributed by atoms with van der Waals surface area (Å²) >= 11 is 0. The summed E-state index contributed by atoms with van der Waals surface area (Å²) in [6.45, 7) is 12.8. The van der Waals surface area contributed by atoms with Gasteiger partial charge in [-0.25, -0.2) is 0 Å². The summed E-state index contributed by atoms with van der Waals surface area (Å²) in [7, 11) is 0. The van der Waals surface area contributed by atoms with Crippen LogP contribution >= 0.6 is 0 Å². The molecule has 0 heterocycles. The third-order valence-corrected chi connectivity index (χ3v) is 3.21. The Morgan fingerprint density at radius 2 is 1.89 bits per heavy atom. The molecule has 1 rings (SSSR count). The smallest absolute Gasteiger partial charge is 0.124 e. The van der Waals surface area contributed by atoms with Gasteiger partial charge in [0.15, 0.2) is 0 Å². The molecule has 0 spiro atoms. The summed E-state index contributed by atoms with van der Waals surface area (Å²) in [4.78, 5) is 0. The molecule has 1 aromatic rings. The largest absolute Gasteiger partial charge is 0.491 e. The maximum Gasteiger partial charge on any atom is 0.124 e. The highest BCUT2D eigenvalue weighted by atomic mass is 16.5. The first-order chi connectivity index (χ1) is 8.44. The van der Waals surface area contributed by atoms with Crippen molar-refractivity contribution in [3.8, 4) is 5.75 Å². The van der Waals surface area contributed by atoms with E-state index in [0.29, 0.717) is 5.41 Å². The number of ether oxygens (including phenoxy) is 1. The topological polar surface area (TPSA) is 21.3 Å². The summed E-state index contributed by atoms with van der Waals surface area (Å²) in [5.41, 5.74) is 1.59. The molecule has 0 fully saturated rings. The first-order valence-electron chi connectivity index (χ1n) is 6.90. The van der Waals surface area contributed by atoms with Crippen molar-refractivity contribution in [3.63, 3.8) is 0 Å². The van der Waals surface area contributed by atoms with E-state index in [9.17, 15) is 0 Å². The van der Waals surface area contributed by atoms with Crippen LogP contribution in [0.4, 0.5) is 0 Å². The van der Waals surface area contributed by atoms with E-state index in [1.807, 2.05) is 12.1 Å². The van der Waals surface area contributed by atoms with Gasteiger partial charge in [0.25, 0.3) is 0 Å². The zero-order valence-electron chi connectivity index (χ0n) is 12.4. The number of hydrogen-bond acceptors (Lipinski definition) is 2. The van der Waals surface area contributed by atoms with Crippen LogP contribution in [0.15, 0.2) is 24.3 Å². The Balaban J connectivity index is 2.56. The molecule has 2 heteroatoms. The lowest BCUT2D eigenvalue weighted by atomic mass is 9.90. The van der Waals surface area contributed by atoms with Crippen LogP contribution in [0, 0.1) is 5.41 Å². The Morgan fingerprint density at radius 3 is 2.50 bits per heavy atom. The van der Waals surface area contributed by atoms with E-state index in [-0.39, 0.29) is 6.10 Å². The Kier molecular flexibility index (Phi) is 5.67. The van der Waals surface area contributed by atoms with Crippen molar-refractivity contribution in [2.75, 3.05) is 6.54 Å². The lowest BCUT2D eigenvalue weighted by molar-refractivity contribution is 0.238. The fourth-order valence-electron chi connectivity index (χ4n) is 1.68. The van der Waals surface area contributed by atoms with E-state index < -0.39 is 0 Å². The molecule has 18 heavy (non-hydrogen) atoms. The zero-order chi connectivity index (χ0) is 13.6. The molecule has 0 saturated heterocycles. The van der Waals surface area contributed by atoms with E-state index in [4.69, 9.17) is 4.74 Å². The van der Waals surface area contributed by atoms with E-state index in [0.717, 1.165) is 18.8 Å². The fourth-order valence-corrected chi connectivity index (χ4v) is 1.68. The molecule has 0 amide bonds. The summed E-state index contributed by atoms with van der Waals surface area (Å²) in [5, 5.41) is 3.53. The zero-order valence-corrected chi connectivity index (χ0v) is 12.4. The number of rotatable bonds is 7. The van der Waals surface area contributed by atoms with Gasteiger partial charge in [0, 0.05) is 18.7 Å². The Hall–Kier alpha value is -1.02. The minimum Gasteiger partial charge on any atom is -0.491 e. The van der Waals surface area contributed by atoms with Gasteiger partial charge in [0.05, 0.1) is 6.10 Å². The van der Waals surface area contributed by atoms with Crippen LogP contribution in [0.3, 0.4) is 0 Å². The van der Waals surface area contributed by atoms with Gasteiger partial charge >= 0.3 is 0 Å². The molecule has 0 aromatic heterocycles. The van der Waals surface area contributed by atoms with Gasteiger partial charge in [-0.15, -0.1) is 0 Å². The second-order valence-corrected chi connectivity index (χ2v) is 5.90. The molecule has 0 radical (unpaired) electrons. The van der Waals surface area contributed by atoms with Crippen molar-refractivity contribution in [2.24, 2.45) is 5.41 Å². The second kappa shape index (κ2) is 6.79. The van der Waals surface area contributed by atoms with Crippen molar-refractivity contribution in [2.45, 2.75) is 53.7 Å². The Bertz CT molecular complexity index is 358. The molecule has 0 aliphatic carbocycles. The third-order valence-electron chi connectivity index (χ3n) is 3.21. The molecule has 0 aliphatic rings. The second-order valence-electron chi connectivity index (χ2n) is 5.90. The maximum atomic E-state index is 5.81. The standard InChI is InChI=1S/C16H27NO/c1-6-16(4,5)12-17-11-14-9-7-8-10-15(14)18-13(2)3/h7-10,13,17H,6,11-12H2,1-5H3. The highest BCUT2D eigenvalue weighted by molar-refractivity contribution is 5.33. The average molecular weight is 249 g/mol. The molecular weight excluding hydrogens is 222 g/mol. The van der Waals surface area contributed by atoms with E-state index in [2.05, 4.69) is 52.1 Å². The highest BCUT2D eigenvalue weighted by Crippen LogP contribution is 2.21. The van der Waals surface area contributed by atoms with Crippen molar-refractivity contribution in [1.29, 1.82) is 0 Å². The van der Waals surface area contributed by atoms with Crippen LogP contribution in [0.1, 0.15) is 46.6 Å². The molecule has 0 bridgehead atoms. The normalized spacial score (nSPS) is 11.9. The van der Waals surface area contributed by atoms with Crippen molar-refractivity contribution in [3.05, 3.63) is 29.8 Å². The van der Waals surface area contributed by atoms with Crippen molar-refractivity contribution < 1.29 is 4.74 Å². The molecule has 1 aromatic carbocycles. The molecule has 2 nitrogen and oxygen atoms in total. The first kappa shape index (κ1) is 15.0. The Morgan fingerprint density at radius 1 is 1.22 bits per heavy atom. The summed E-state index contributed by atoms with van der Waals surface area (Å²) in [6, 6.07) is 8.26. The number of hydrogen-bond donors (Lipinski definition) is 1. The minimum atomic E-state index is 0.221. The van der Waals surface area contributed by atoms with Gasteiger partial charge in [-0.05, 0) is 31.7 Å². The molecule has 102 valence electrons.